The lowest BCUT2D eigenvalue weighted by Gasteiger charge is -2.34. The first kappa shape index (κ1) is 16.7. The summed E-state index contributed by atoms with van der Waals surface area (Å²) in [7, 11) is -3.80. The highest BCUT2D eigenvalue weighted by Crippen LogP contribution is 2.30. The van der Waals surface area contributed by atoms with Crippen LogP contribution in [-0.2, 0) is 10.0 Å². The molecule has 2 N–H and O–H groups in total. The molecule has 0 aliphatic heterocycles. The molecule has 118 valence electrons. The molecule has 2 rings (SSSR count). The minimum Gasteiger partial charge on any atom is -0.328 e. The molecule has 1 aromatic carbocycles. The number of nitrogens with zero attached hydrogens (tertiary/aromatic N) is 1. The second kappa shape index (κ2) is 6.60. The average molecular weight is 335 g/mol. The van der Waals surface area contributed by atoms with Gasteiger partial charge in [0.1, 0.15) is 10.7 Å². The lowest BCUT2D eigenvalue weighted by molar-refractivity contribution is 0.247. The van der Waals surface area contributed by atoms with Gasteiger partial charge in [-0.3, -0.25) is 0 Å². The quantitative estimate of drug-likeness (QED) is 0.920. The third-order valence-electron chi connectivity index (χ3n) is 3.94. The Morgan fingerprint density at radius 1 is 1.33 bits per heavy atom. The van der Waals surface area contributed by atoms with Crippen molar-refractivity contribution in [2.24, 2.45) is 5.73 Å². The van der Waals surface area contributed by atoms with E-state index in [1.165, 1.54) is 10.4 Å². The van der Waals surface area contributed by atoms with E-state index in [1.807, 2.05) is 0 Å². The van der Waals surface area contributed by atoms with Crippen LogP contribution >= 0.6 is 11.6 Å². The van der Waals surface area contributed by atoms with E-state index in [0.29, 0.717) is 6.54 Å². The Morgan fingerprint density at radius 3 is 2.52 bits per heavy atom. The summed E-state index contributed by atoms with van der Waals surface area (Å²) in [6.07, 6.45) is 3.05. The summed E-state index contributed by atoms with van der Waals surface area (Å²) < 4.78 is 40.3. The number of halogens is 2. The van der Waals surface area contributed by atoms with E-state index in [9.17, 15) is 12.8 Å². The maximum Gasteiger partial charge on any atom is 0.244 e. The smallest absolute Gasteiger partial charge is 0.244 e. The summed E-state index contributed by atoms with van der Waals surface area (Å²) in [4.78, 5) is -0.166. The van der Waals surface area contributed by atoms with E-state index in [1.54, 1.807) is 6.92 Å². The number of nitrogens with two attached hydrogens (primary N) is 1. The third-order valence-corrected chi connectivity index (χ3v) is 6.45. The fourth-order valence-electron chi connectivity index (χ4n) is 2.82. The molecule has 1 aromatic rings. The van der Waals surface area contributed by atoms with Crippen molar-refractivity contribution in [3.63, 3.8) is 0 Å². The first-order valence-electron chi connectivity index (χ1n) is 7.08. The van der Waals surface area contributed by atoms with Crippen LogP contribution in [-0.4, -0.2) is 31.4 Å². The number of benzene rings is 1. The Labute approximate surface area is 130 Å². The van der Waals surface area contributed by atoms with Gasteiger partial charge in [-0.05, 0) is 43.9 Å². The first-order valence-corrected chi connectivity index (χ1v) is 8.90. The van der Waals surface area contributed by atoms with Gasteiger partial charge in [0.25, 0.3) is 0 Å². The fraction of sp³-hybridized carbons (Fsp3) is 0.571. The van der Waals surface area contributed by atoms with E-state index in [0.717, 1.165) is 37.8 Å². The van der Waals surface area contributed by atoms with Gasteiger partial charge in [-0.2, -0.15) is 4.31 Å². The number of rotatable bonds is 4. The van der Waals surface area contributed by atoms with Crippen LogP contribution in [0.3, 0.4) is 0 Å². The molecule has 1 saturated carbocycles. The molecule has 4 nitrogen and oxygen atoms in total. The minimum absolute atomic E-state index is 0.0439. The Kier molecular flexibility index (Phi) is 5.24. The molecule has 7 heteroatoms. The van der Waals surface area contributed by atoms with Gasteiger partial charge in [0, 0.05) is 18.6 Å². The predicted molar refractivity (Wildman–Crippen MR) is 81.2 cm³/mol. The molecule has 0 aromatic heterocycles. The highest BCUT2D eigenvalue weighted by atomic mass is 35.5. The fourth-order valence-corrected chi connectivity index (χ4v) is 5.00. The molecule has 0 radical (unpaired) electrons. The van der Waals surface area contributed by atoms with Crippen LogP contribution in [0.2, 0.25) is 5.02 Å². The van der Waals surface area contributed by atoms with Crippen molar-refractivity contribution in [1.82, 2.24) is 4.31 Å². The van der Waals surface area contributed by atoms with Crippen LogP contribution in [0.4, 0.5) is 4.39 Å². The van der Waals surface area contributed by atoms with Crippen LogP contribution in [0.5, 0.6) is 0 Å². The summed E-state index contributed by atoms with van der Waals surface area (Å²) in [5.74, 6) is -0.611. The van der Waals surface area contributed by atoms with Crippen molar-refractivity contribution in [2.75, 3.05) is 6.54 Å². The van der Waals surface area contributed by atoms with Crippen molar-refractivity contribution in [3.05, 3.63) is 29.0 Å². The molecule has 21 heavy (non-hydrogen) atoms. The zero-order chi connectivity index (χ0) is 15.6. The number of hydrogen-bond acceptors (Lipinski definition) is 3. The highest BCUT2D eigenvalue weighted by molar-refractivity contribution is 7.89. The van der Waals surface area contributed by atoms with Crippen LogP contribution in [0.15, 0.2) is 23.1 Å². The molecule has 0 bridgehead atoms. The lowest BCUT2D eigenvalue weighted by Crippen LogP contribution is -2.44. The normalized spacial score (nSPS) is 23.5. The van der Waals surface area contributed by atoms with Gasteiger partial charge in [-0.25, -0.2) is 12.8 Å². The highest BCUT2D eigenvalue weighted by Gasteiger charge is 2.33. The Balaban J connectivity index is 2.33. The van der Waals surface area contributed by atoms with Crippen molar-refractivity contribution in [2.45, 2.75) is 49.6 Å². The van der Waals surface area contributed by atoms with Crippen LogP contribution in [0.1, 0.15) is 32.6 Å². The maximum atomic E-state index is 13.4. The summed E-state index contributed by atoms with van der Waals surface area (Å²) in [6.45, 7) is 2.11. The molecule has 0 unspecified atom stereocenters. The van der Waals surface area contributed by atoms with Gasteiger partial charge in [0.2, 0.25) is 10.0 Å². The molecule has 0 heterocycles. The van der Waals surface area contributed by atoms with Gasteiger partial charge in [0.15, 0.2) is 0 Å². The van der Waals surface area contributed by atoms with E-state index in [2.05, 4.69) is 0 Å². The van der Waals surface area contributed by atoms with Crippen molar-refractivity contribution >= 4 is 21.6 Å². The zero-order valence-corrected chi connectivity index (χ0v) is 13.5. The molecule has 1 aliphatic rings. The molecule has 0 spiro atoms. The molecular weight excluding hydrogens is 315 g/mol. The van der Waals surface area contributed by atoms with E-state index >= 15 is 0 Å². The second-order valence-corrected chi connectivity index (χ2v) is 7.62. The predicted octanol–water partition coefficient (Wildman–Crippen LogP) is 2.76. The second-order valence-electron chi connectivity index (χ2n) is 5.35. The minimum atomic E-state index is -3.80. The maximum absolute atomic E-state index is 13.4. The van der Waals surface area contributed by atoms with Crippen molar-refractivity contribution in [3.8, 4) is 0 Å². The monoisotopic (exact) mass is 334 g/mol. The molecule has 1 fully saturated rings. The SMILES string of the molecule is CCN(C1CCC(N)CC1)S(=O)(=O)c1cc(F)ccc1Cl. The number of hydrogen-bond donors (Lipinski definition) is 1. The van der Waals surface area contributed by atoms with E-state index in [-0.39, 0.29) is 22.0 Å². The molecule has 0 saturated heterocycles. The number of sulfonamides is 1. The van der Waals surface area contributed by atoms with Crippen molar-refractivity contribution < 1.29 is 12.8 Å². The summed E-state index contributed by atoms with van der Waals surface area (Å²) in [5.41, 5.74) is 5.86. The van der Waals surface area contributed by atoms with Crippen LogP contribution < -0.4 is 5.73 Å². The zero-order valence-electron chi connectivity index (χ0n) is 11.9. The molecule has 1 aliphatic carbocycles. The molecule has 0 atom stereocenters. The first-order chi connectivity index (χ1) is 9.86. The van der Waals surface area contributed by atoms with E-state index in [4.69, 9.17) is 17.3 Å². The van der Waals surface area contributed by atoms with Gasteiger partial charge in [-0.15, -0.1) is 0 Å². The standard InChI is InChI=1S/C14H20ClFN2O2S/c1-2-18(12-6-4-11(17)5-7-12)21(19,20)14-9-10(16)3-8-13(14)15/h3,8-9,11-12H,2,4-7,17H2,1H3. The third kappa shape index (κ3) is 3.56. The van der Waals surface area contributed by atoms with Gasteiger partial charge in [-0.1, -0.05) is 18.5 Å². The van der Waals surface area contributed by atoms with Gasteiger partial charge < -0.3 is 5.73 Å². The van der Waals surface area contributed by atoms with Gasteiger partial charge in [0.05, 0.1) is 5.02 Å². The van der Waals surface area contributed by atoms with E-state index < -0.39 is 15.8 Å². The topological polar surface area (TPSA) is 63.4 Å². The Morgan fingerprint density at radius 2 is 1.95 bits per heavy atom. The summed E-state index contributed by atoms with van der Waals surface area (Å²) in [6, 6.07) is 3.44. The summed E-state index contributed by atoms with van der Waals surface area (Å²) in [5, 5.41) is 0.0439. The molecule has 0 amide bonds. The summed E-state index contributed by atoms with van der Waals surface area (Å²) >= 11 is 5.95. The Hall–Kier alpha value is -0.690. The average Bonchev–Trinajstić information content (AvgIpc) is 2.44. The van der Waals surface area contributed by atoms with Gasteiger partial charge >= 0.3 is 0 Å². The van der Waals surface area contributed by atoms with Crippen LogP contribution in [0.25, 0.3) is 0 Å². The molecular formula is C14H20ClFN2O2S. The van der Waals surface area contributed by atoms with Crippen molar-refractivity contribution in [1.29, 1.82) is 0 Å². The van der Waals surface area contributed by atoms with Crippen LogP contribution in [0, 0.1) is 5.82 Å². The Bertz CT molecular complexity index is 601. The largest absolute Gasteiger partial charge is 0.328 e. The lowest BCUT2D eigenvalue weighted by atomic mass is 9.92.